The number of ether oxygens (including phenoxy) is 1. The van der Waals surface area contributed by atoms with Crippen LogP contribution in [0.25, 0.3) is 0 Å². The van der Waals surface area contributed by atoms with Crippen molar-refractivity contribution in [1.82, 2.24) is 0 Å². The third-order valence-electron chi connectivity index (χ3n) is 2.34. The summed E-state index contributed by atoms with van der Waals surface area (Å²) in [5.41, 5.74) is -1.57. The summed E-state index contributed by atoms with van der Waals surface area (Å²) in [6, 6.07) is 4.46. The molecule has 1 aliphatic heterocycles. The van der Waals surface area contributed by atoms with Crippen molar-refractivity contribution in [2.45, 2.75) is 26.1 Å². The van der Waals surface area contributed by atoms with Gasteiger partial charge < -0.3 is 10.1 Å². The Morgan fingerprint density at radius 3 is 2.50 bits per heavy atom. The van der Waals surface area contributed by atoms with Crippen LogP contribution in [0.1, 0.15) is 25.0 Å². The lowest BCUT2D eigenvalue weighted by Gasteiger charge is -2.11. The summed E-state index contributed by atoms with van der Waals surface area (Å²) in [6.07, 6.45) is -5.23. The zero-order valence-electron chi connectivity index (χ0n) is 10.9. The topological polar surface area (TPSA) is 65.4 Å². The lowest BCUT2D eigenvalue weighted by Crippen LogP contribution is -2.18. The number of nitrogens with zero attached hydrogens (tertiary/aromatic N) is 1. The molecule has 1 heterocycles. The number of benzene rings is 1. The summed E-state index contributed by atoms with van der Waals surface area (Å²) < 4.78 is 42.6. The fourth-order valence-electron chi connectivity index (χ4n) is 1.38. The van der Waals surface area contributed by atoms with Crippen LogP contribution in [-0.2, 0) is 15.7 Å². The largest absolute Gasteiger partial charge is 0.417 e. The maximum atomic E-state index is 12.6. The van der Waals surface area contributed by atoms with Gasteiger partial charge in [0.05, 0.1) is 23.8 Å². The number of nitrogens with one attached hydrogen (secondary N) is 1. The Hall–Kier alpha value is -2.07. The molecule has 1 amide bonds. The summed E-state index contributed by atoms with van der Waals surface area (Å²) in [4.78, 5) is 11.3. The molecule has 0 saturated carbocycles. The molecule has 0 bridgehead atoms. The number of alkyl halides is 3. The van der Waals surface area contributed by atoms with Crippen LogP contribution in [0.2, 0.25) is 0 Å². The number of anilines is 1. The first-order valence-electron chi connectivity index (χ1n) is 5.95. The van der Waals surface area contributed by atoms with E-state index in [4.69, 9.17) is 10.00 Å². The Morgan fingerprint density at radius 2 is 2.05 bits per heavy atom. The molecule has 0 radical (unpaired) electrons. The van der Waals surface area contributed by atoms with Gasteiger partial charge >= 0.3 is 6.18 Å². The first-order chi connectivity index (χ1) is 9.41. The fraction of sp³-hybridized carbons (Fsp3) is 0.385. The number of hydrogen-bond acceptors (Lipinski definition) is 3. The maximum absolute atomic E-state index is 12.6. The number of carbonyl (C=O) groups excluding carboxylic acids is 1. The number of hydrogen-bond donors (Lipinski definition) is 1. The van der Waals surface area contributed by atoms with Gasteiger partial charge in [-0.05, 0) is 18.2 Å². The van der Waals surface area contributed by atoms with Gasteiger partial charge in [0.2, 0.25) is 0 Å². The molecule has 1 unspecified atom stereocenters. The van der Waals surface area contributed by atoms with E-state index in [1.807, 2.05) is 13.8 Å². The second-order valence-electron chi connectivity index (χ2n) is 3.68. The number of nitriles is 1. The van der Waals surface area contributed by atoms with Crippen LogP contribution >= 0.6 is 0 Å². The van der Waals surface area contributed by atoms with Crippen LogP contribution in [0.5, 0.6) is 0 Å². The van der Waals surface area contributed by atoms with Crippen molar-refractivity contribution in [2.75, 3.05) is 11.9 Å². The molecule has 1 atom stereocenters. The Balaban J connectivity index is 0.000000956. The second-order valence-corrected chi connectivity index (χ2v) is 3.68. The minimum atomic E-state index is -4.64. The van der Waals surface area contributed by atoms with E-state index in [1.54, 1.807) is 0 Å². The average Bonchev–Trinajstić information content (AvgIpc) is 3.24. The molecule has 2 rings (SSSR count). The van der Waals surface area contributed by atoms with Gasteiger partial charge in [0.15, 0.2) is 6.10 Å². The van der Waals surface area contributed by atoms with Gasteiger partial charge in [-0.3, -0.25) is 4.79 Å². The molecular weight excluding hydrogens is 273 g/mol. The van der Waals surface area contributed by atoms with Gasteiger partial charge in [-0.15, -0.1) is 0 Å². The van der Waals surface area contributed by atoms with Crippen LogP contribution in [-0.4, -0.2) is 18.6 Å². The Labute approximate surface area is 114 Å². The molecule has 108 valence electrons. The van der Waals surface area contributed by atoms with Crippen molar-refractivity contribution in [3.8, 4) is 6.07 Å². The van der Waals surface area contributed by atoms with Crippen LogP contribution < -0.4 is 5.32 Å². The van der Waals surface area contributed by atoms with Gasteiger partial charge in [0.1, 0.15) is 0 Å². The lowest BCUT2D eigenvalue weighted by atomic mass is 10.1. The molecule has 0 aliphatic carbocycles. The summed E-state index contributed by atoms with van der Waals surface area (Å²) in [7, 11) is 0. The molecule has 1 aliphatic rings. The molecule has 20 heavy (non-hydrogen) atoms. The van der Waals surface area contributed by atoms with Gasteiger partial charge in [0, 0.05) is 5.69 Å². The zero-order chi connectivity index (χ0) is 15.3. The van der Waals surface area contributed by atoms with E-state index < -0.39 is 29.3 Å². The molecule has 7 heteroatoms. The quantitative estimate of drug-likeness (QED) is 0.850. The zero-order valence-corrected chi connectivity index (χ0v) is 10.9. The Morgan fingerprint density at radius 1 is 1.45 bits per heavy atom. The minimum Gasteiger partial charge on any atom is -0.363 e. The predicted octanol–water partition coefficient (Wildman–Crippen LogP) is 2.94. The highest BCUT2D eigenvalue weighted by Gasteiger charge is 2.35. The Bertz CT molecular complexity index is 531. The highest BCUT2D eigenvalue weighted by atomic mass is 19.4. The van der Waals surface area contributed by atoms with Gasteiger partial charge in [-0.1, -0.05) is 13.8 Å². The van der Waals surface area contributed by atoms with E-state index in [-0.39, 0.29) is 12.3 Å². The van der Waals surface area contributed by atoms with Crippen molar-refractivity contribution in [3.05, 3.63) is 29.3 Å². The number of rotatable bonds is 2. The van der Waals surface area contributed by atoms with Gasteiger partial charge in [0.25, 0.3) is 5.91 Å². The molecule has 1 fully saturated rings. The Kier molecular flexibility index (Phi) is 5.11. The normalized spacial score (nSPS) is 16.5. The van der Waals surface area contributed by atoms with Gasteiger partial charge in [-0.2, -0.15) is 18.4 Å². The first-order valence-corrected chi connectivity index (χ1v) is 5.95. The van der Waals surface area contributed by atoms with Gasteiger partial charge in [-0.25, -0.2) is 0 Å². The monoisotopic (exact) mass is 286 g/mol. The molecule has 1 aromatic carbocycles. The smallest absolute Gasteiger partial charge is 0.363 e. The number of halogens is 3. The van der Waals surface area contributed by atoms with E-state index in [9.17, 15) is 18.0 Å². The summed E-state index contributed by atoms with van der Waals surface area (Å²) in [6.45, 7) is 4.27. The molecule has 1 saturated heterocycles. The molecule has 1 N–H and O–H groups in total. The third-order valence-corrected chi connectivity index (χ3v) is 2.34. The SMILES string of the molecule is CC.N#Cc1ccc(NC(=O)C2CO2)cc1C(F)(F)F. The van der Waals surface area contributed by atoms with Crippen molar-refractivity contribution in [3.63, 3.8) is 0 Å². The first kappa shape index (κ1) is 16.0. The fourth-order valence-corrected chi connectivity index (χ4v) is 1.38. The molecule has 4 nitrogen and oxygen atoms in total. The predicted molar refractivity (Wildman–Crippen MR) is 65.9 cm³/mol. The van der Waals surface area contributed by atoms with E-state index >= 15 is 0 Å². The summed E-state index contributed by atoms with van der Waals surface area (Å²) in [5.74, 6) is -0.493. The van der Waals surface area contributed by atoms with E-state index in [1.165, 1.54) is 12.1 Å². The number of epoxide rings is 1. The molecule has 0 aromatic heterocycles. The molecule has 0 spiro atoms. The van der Waals surface area contributed by atoms with E-state index in [0.717, 1.165) is 12.1 Å². The highest BCUT2D eigenvalue weighted by molar-refractivity contribution is 5.95. The van der Waals surface area contributed by atoms with Crippen molar-refractivity contribution < 1.29 is 22.7 Å². The average molecular weight is 286 g/mol. The summed E-state index contributed by atoms with van der Waals surface area (Å²) in [5, 5.41) is 10.9. The van der Waals surface area contributed by atoms with Crippen LogP contribution in [0.4, 0.5) is 18.9 Å². The molecule has 1 aromatic rings. The van der Waals surface area contributed by atoms with E-state index in [0.29, 0.717) is 0 Å². The number of amides is 1. The maximum Gasteiger partial charge on any atom is 0.417 e. The standard InChI is InChI=1S/C11H7F3N2O2.C2H6/c12-11(13,14)8-3-7(2-1-6(8)4-15)16-10(17)9-5-18-9;1-2/h1-3,9H,5H2,(H,16,17);1-2H3. The van der Waals surface area contributed by atoms with Crippen LogP contribution in [0.3, 0.4) is 0 Å². The van der Waals surface area contributed by atoms with Crippen molar-refractivity contribution in [2.24, 2.45) is 0 Å². The second kappa shape index (κ2) is 6.39. The third kappa shape index (κ3) is 3.96. The van der Waals surface area contributed by atoms with Crippen LogP contribution in [0, 0.1) is 11.3 Å². The van der Waals surface area contributed by atoms with Crippen LogP contribution in [0.15, 0.2) is 18.2 Å². The highest BCUT2D eigenvalue weighted by Crippen LogP contribution is 2.33. The summed E-state index contributed by atoms with van der Waals surface area (Å²) >= 11 is 0. The van der Waals surface area contributed by atoms with Crippen molar-refractivity contribution >= 4 is 11.6 Å². The minimum absolute atomic E-state index is 0.0122. The lowest BCUT2D eigenvalue weighted by molar-refractivity contribution is -0.137. The van der Waals surface area contributed by atoms with E-state index in [2.05, 4.69) is 5.32 Å². The van der Waals surface area contributed by atoms with Crippen molar-refractivity contribution in [1.29, 1.82) is 5.26 Å². The molecular formula is C13H13F3N2O2. The number of carbonyl (C=O) groups is 1.